The standard InChI is InChI=1S/C20H26N4O4/c1-4-12-28-19-21-17-16(24(19)13-15-8-6-14(2)7-9-15)18(26)23(10-5-11-25)20(27)22(17)3/h6-9,25H,4-5,10-13H2,1-3H3. The second-order valence-corrected chi connectivity index (χ2v) is 6.86. The highest BCUT2D eigenvalue weighted by atomic mass is 16.5. The van der Waals surface area contributed by atoms with Crippen molar-refractivity contribution in [3.8, 4) is 6.01 Å². The summed E-state index contributed by atoms with van der Waals surface area (Å²) >= 11 is 0. The smallest absolute Gasteiger partial charge is 0.332 e. The minimum atomic E-state index is -0.451. The summed E-state index contributed by atoms with van der Waals surface area (Å²) in [5, 5.41) is 9.10. The van der Waals surface area contributed by atoms with Crippen molar-refractivity contribution in [2.75, 3.05) is 13.2 Å². The molecule has 3 aromatic rings. The summed E-state index contributed by atoms with van der Waals surface area (Å²) < 4.78 is 10.0. The molecular weight excluding hydrogens is 360 g/mol. The van der Waals surface area contributed by atoms with Crippen LogP contribution in [0.2, 0.25) is 0 Å². The predicted molar refractivity (Wildman–Crippen MR) is 107 cm³/mol. The molecule has 0 atom stereocenters. The third-order valence-corrected chi connectivity index (χ3v) is 4.63. The third kappa shape index (κ3) is 3.73. The van der Waals surface area contributed by atoms with Crippen molar-refractivity contribution in [3.63, 3.8) is 0 Å². The van der Waals surface area contributed by atoms with Crippen molar-refractivity contribution >= 4 is 11.2 Å². The first-order valence-corrected chi connectivity index (χ1v) is 9.47. The van der Waals surface area contributed by atoms with Gasteiger partial charge in [-0.1, -0.05) is 36.8 Å². The molecule has 0 bridgehead atoms. The van der Waals surface area contributed by atoms with E-state index >= 15 is 0 Å². The Morgan fingerprint density at radius 2 is 1.86 bits per heavy atom. The zero-order valence-corrected chi connectivity index (χ0v) is 16.5. The van der Waals surface area contributed by atoms with Gasteiger partial charge in [0, 0.05) is 20.2 Å². The lowest BCUT2D eigenvalue weighted by molar-refractivity contribution is 0.277. The summed E-state index contributed by atoms with van der Waals surface area (Å²) in [4.78, 5) is 30.2. The number of ether oxygens (including phenoxy) is 1. The number of aliphatic hydroxyl groups is 1. The molecule has 28 heavy (non-hydrogen) atoms. The van der Waals surface area contributed by atoms with E-state index in [0.717, 1.165) is 22.1 Å². The Morgan fingerprint density at radius 3 is 2.50 bits per heavy atom. The number of aromatic nitrogens is 4. The van der Waals surface area contributed by atoms with Crippen LogP contribution in [0.5, 0.6) is 6.01 Å². The summed E-state index contributed by atoms with van der Waals surface area (Å²) in [6, 6.07) is 8.34. The van der Waals surface area contributed by atoms with Crippen molar-refractivity contribution in [2.45, 2.75) is 39.8 Å². The molecule has 8 nitrogen and oxygen atoms in total. The molecule has 8 heteroatoms. The fourth-order valence-electron chi connectivity index (χ4n) is 3.10. The van der Waals surface area contributed by atoms with E-state index in [1.54, 1.807) is 11.6 Å². The van der Waals surface area contributed by atoms with Gasteiger partial charge in [0.2, 0.25) is 0 Å². The molecule has 0 aliphatic rings. The molecule has 2 aromatic heterocycles. The molecule has 0 fully saturated rings. The molecule has 0 saturated carbocycles. The molecule has 0 saturated heterocycles. The van der Waals surface area contributed by atoms with Crippen molar-refractivity contribution in [3.05, 3.63) is 56.2 Å². The highest BCUT2D eigenvalue weighted by Crippen LogP contribution is 2.20. The van der Waals surface area contributed by atoms with Gasteiger partial charge in [-0.15, -0.1) is 0 Å². The molecular formula is C20H26N4O4. The van der Waals surface area contributed by atoms with Gasteiger partial charge in [0.25, 0.3) is 11.6 Å². The minimum absolute atomic E-state index is 0.0961. The van der Waals surface area contributed by atoms with Crippen LogP contribution in [0.3, 0.4) is 0 Å². The molecule has 1 aromatic carbocycles. The Bertz CT molecular complexity index is 1080. The second kappa shape index (κ2) is 8.43. The normalized spacial score (nSPS) is 11.3. The third-order valence-electron chi connectivity index (χ3n) is 4.63. The number of hydrogen-bond acceptors (Lipinski definition) is 5. The van der Waals surface area contributed by atoms with E-state index in [0.29, 0.717) is 36.7 Å². The molecule has 0 amide bonds. The van der Waals surface area contributed by atoms with Crippen LogP contribution >= 0.6 is 0 Å². The maximum atomic E-state index is 13.1. The van der Waals surface area contributed by atoms with Crippen molar-refractivity contribution in [1.82, 2.24) is 18.7 Å². The maximum absolute atomic E-state index is 13.1. The first-order chi connectivity index (χ1) is 13.5. The number of nitrogens with zero attached hydrogens (tertiary/aromatic N) is 4. The van der Waals surface area contributed by atoms with Gasteiger partial charge in [-0.3, -0.25) is 18.5 Å². The number of aliphatic hydroxyl groups excluding tert-OH is 1. The first-order valence-electron chi connectivity index (χ1n) is 9.47. The van der Waals surface area contributed by atoms with Gasteiger partial charge in [-0.05, 0) is 25.3 Å². The summed E-state index contributed by atoms with van der Waals surface area (Å²) in [6.07, 6.45) is 1.12. The Morgan fingerprint density at radius 1 is 1.14 bits per heavy atom. The van der Waals surface area contributed by atoms with E-state index in [9.17, 15) is 9.59 Å². The van der Waals surface area contributed by atoms with E-state index in [1.165, 1.54) is 4.57 Å². The quantitative estimate of drug-likeness (QED) is 0.632. The van der Waals surface area contributed by atoms with E-state index in [2.05, 4.69) is 4.98 Å². The zero-order valence-electron chi connectivity index (χ0n) is 16.5. The van der Waals surface area contributed by atoms with Crippen LogP contribution in [-0.2, 0) is 20.1 Å². The molecule has 1 N–H and O–H groups in total. The predicted octanol–water partition coefficient (Wildman–Crippen LogP) is 1.42. The fourth-order valence-corrected chi connectivity index (χ4v) is 3.10. The monoisotopic (exact) mass is 386 g/mol. The molecule has 150 valence electrons. The summed E-state index contributed by atoms with van der Waals surface area (Å²) in [5.41, 5.74) is 1.91. The number of aryl methyl sites for hydroxylation is 2. The van der Waals surface area contributed by atoms with E-state index in [1.807, 2.05) is 38.1 Å². The molecule has 3 rings (SSSR count). The largest absolute Gasteiger partial charge is 0.465 e. The molecule has 0 unspecified atom stereocenters. The van der Waals surface area contributed by atoms with E-state index < -0.39 is 11.2 Å². The summed E-state index contributed by atoms with van der Waals surface area (Å²) in [7, 11) is 1.59. The van der Waals surface area contributed by atoms with Crippen LogP contribution in [0.4, 0.5) is 0 Å². The van der Waals surface area contributed by atoms with Crippen LogP contribution in [0.25, 0.3) is 11.2 Å². The SMILES string of the molecule is CCCOc1nc2c(c(=O)n(CCCO)c(=O)n2C)n1Cc1ccc(C)cc1. The van der Waals surface area contributed by atoms with Crippen LogP contribution in [0.1, 0.15) is 30.9 Å². The molecule has 2 heterocycles. The van der Waals surface area contributed by atoms with Gasteiger partial charge in [-0.25, -0.2) is 4.79 Å². The van der Waals surface area contributed by atoms with Crippen molar-refractivity contribution in [1.29, 1.82) is 0 Å². The van der Waals surface area contributed by atoms with E-state index in [-0.39, 0.29) is 13.2 Å². The molecule has 0 radical (unpaired) electrons. The Labute approximate surface area is 162 Å². The average molecular weight is 386 g/mol. The minimum Gasteiger partial charge on any atom is -0.465 e. The highest BCUT2D eigenvalue weighted by molar-refractivity contribution is 5.72. The lowest BCUT2D eigenvalue weighted by Gasteiger charge is -2.11. The highest BCUT2D eigenvalue weighted by Gasteiger charge is 2.21. The zero-order chi connectivity index (χ0) is 20.3. The fraction of sp³-hybridized carbons (Fsp3) is 0.450. The van der Waals surface area contributed by atoms with Gasteiger partial charge in [0.1, 0.15) is 0 Å². The molecule has 0 aliphatic carbocycles. The molecule has 0 spiro atoms. The van der Waals surface area contributed by atoms with Gasteiger partial charge >= 0.3 is 5.69 Å². The number of benzene rings is 1. The lowest BCUT2D eigenvalue weighted by Crippen LogP contribution is -2.39. The number of rotatable bonds is 8. The summed E-state index contributed by atoms with van der Waals surface area (Å²) in [6.45, 7) is 4.93. The van der Waals surface area contributed by atoms with Crippen LogP contribution in [0.15, 0.2) is 33.9 Å². The number of hydrogen-bond donors (Lipinski definition) is 1. The second-order valence-electron chi connectivity index (χ2n) is 6.86. The molecule has 0 aliphatic heterocycles. The summed E-state index contributed by atoms with van der Waals surface area (Å²) in [5.74, 6) is 0. The van der Waals surface area contributed by atoms with Gasteiger partial charge < -0.3 is 9.84 Å². The van der Waals surface area contributed by atoms with E-state index in [4.69, 9.17) is 9.84 Å². The van der Waals surface area contributed by atoms with Gasteiger partial charge in [0.05, 0.1) is 13.2 Å². The van der Waals surface area contributed by atoms with Crippen LogP contribution < -0.4 is 16.0 Å². The van der Waals surface area contributed by atoms with Crippen LogP contribution in [-0.4, -0.2) is 37.0 Å². The van der Waals surface area contributed by atoms with Gasteiger partial charge in [0.15, 0.2) is 11.2 Å². The van der Waals surface area contributed by atoms with Crippen LogP contribution in [0, 0.1) is 6.92 Å². The Balaban J connectivity index is 2.22. The Kier molecular flexibility index (Phi) is 5.99. The van der Waals surface area contributed by atoms with Crippen molar-refractivity contribution < 1.29 is 9.84 Å². The number of imidazole rings is 1. The lowest BCUT2D eigenvalue weighted by atomic mass is 10.1. The first kappa shape index (κ1) is 19.9. The van der Waals surface area contributed by atoms with Gasteiger partial charge in [-0.2, -0.15) is 4.98 Å². The number of fused-ring (bicyclic) bond motifs is 1. The topological polar surface area (TPSA) is 91.3 Å². The van der Waals surface area contributed by atoms with Crippen molar-refractivity contribution in [2.24, 2.45) is 7.05 Å². The maximum Gasteiger partial charge on any atom is 0.332 e. The average Bonchev–Trinajstić information content (AvgIpc) is 3.05. The Hall–Kier alpha value is -2.87.